The Morgan fingerprint density at radius 2 is 0.875 bits per heavy atom. The Hall–Kier alpha value is -0.626. The highest BCUT2D eigenvalue weighted by Gasteiger charge is 2.27. The molecule has 24 heavy (non-hydrogen) atoms. The van der Waals surface area contributed by atoms with Crippen LogP contribution in [0.1, 0.15) is 55.4 Å². The van der Waals surface area contributed by atoms with Gasteiger partial charge in [0.05, 0.1) is 11.8 Å². The summed E-state index contributed by atoms with van der Waals surface area (Å²) in [4.78, 5) is 24.3. The first-order valence-corrected chi connectivity index (χ1v) is 12.6. The summed E-state index contributed by atoms with van der Waals surface area (Å²) in [6.07, 6.45) is 0. The molecule has 142 valence electrons. The Labute approximate surface area is 153 Å². The summed E-state index contributed by atoms with van der Waals surface area (Å²) >= 11 is 0. The number of hydrogen-bond acceptors (Lipinski definition) is 4. The van der Waals surface area contributed by atoms with E-state index in [1.165, 1.54) is 0 Å². The average molecular weight is 375 g/mol. The fourth-order valence-corrected chi connectivity index (χ4v) is 6.08. The van der Waals surface area contributed by atoms with Gasteiger partial charge in [-0.1, -0.05) is 55.4 Å². The molecule has 6 heteroatoms. The van der Waals surface area contributed by atoms with Crippen LogP contribution < -0.4 is 0 Å². The van der Waals surface area contributed by atoms with Gasteiger partial charge in [-0.05, 0) is 35.8 Å². The molecule has 0 spiro atoms. The maximum absolute atomic E-state index is 12.1. The Balaban J connectivity index is 4.03. The topological polar surface area (TPSA) is 52.6 Å². The molecule has 0 saturated heterocycles. The highest BCUT2D eigenvalue weighted by Crippen LogP contribution is 2.23. The Morgan fingerprint density at radius 3 is 1.08 bits per heavy atom. The highest BCUT2D eigenvalue weighted by molar-refractivity contribution is 6.37. The van der Waals surface area contributed by atoms with Gasteiger partial charge >= 0.3 is 0 Å². The van der Waals surface area contributed by atoms with Gasteiger partial charge in [0.2, 0.25) is 19.5 Å². The quantitative estimate of drug-likeness (QED) is 0.412. The van der Waals surface area contributed by atoms with E-state index in [0.29, 0.717) is 23.7 Å². The van der Waals surface area contributed by atoms with Gasteiger partial charge in [-0.15, -0.1) is 0 Å². The predicted molar refractivity (Wildman–Crippen MR) is 105 cm³/mol. The number of carbonyl (C=O) groups is 2. The third-order valence-corrected chi connectivity index (χ3v) is 8.00. The lowest BCUT2D eigenvalue weighted by Crippen LogP contribution is -2.29. The average Bonchev–Trinajstić information content (AvgIpc) is 2.40. The number of hydrogen-bond donors (Lipinski definition) is 0. The smallest absolute Gasteiger partial charge is 0.295 e. The fourth-order valence-electron chi connectivity index (χ4n) is 3.37. The first kappa shape index (κ1) is 23.4. The zero-order valence-electron chi connectivity index (χ0n) is 16.9. The number of rotatable bonds is 11. The molecule has 0 aromatic rings. The van der Waals surface area contributed by atoms with E-state index in [9.17, 15) is 9.59 Å². The van der Waals surface area contributed by atoms with Crippen LogP contribution in [-0.2, 0) is 18.4 Å². The van der Waals surface area contributed by atoms with Crippen molar-refractivity contribution >= 4 is 31.5 Å². The van der Waals surface area contributed by atoms with Crippen LogP contribution in [0, 0.1) is 35.5 Å². The molecular weight excluding hydrogens is 336 g/mol. The molecule has 0 heterocycles. The third-order valence-electron chi connectivity index (χ3n) is 4.44. The van der Waals surface area contributed by atoms with Crippen molar-refractivity contribution in [1.29, 1.82) is 0 Å². The summed E-state index contributed by atoms with van der Waals surface area (Å²) in [6.45, 7) is 16.6. The molecule has 0 aromatic carbocycles. The molecule has 0 bridgehead atoms. The summed E-state index contributed by atoms with van der Waals surface area (Å²) in [6, 6.07) is 1.84. The van der Waals surface area contributed by atoms with Gasteiger partial charge in [-0.25, -0.2) is 0 Å². The summed E-state index contributed by atoms with van der Waals surface area (Å²) < 4.78 is 11.1. The first-order chi connectivity index (χ1) is 11.1. The Morgan fingerprint density at radius 1 is 0.625 bits per heavy atom. The van der Waals surface area contributed by atoms with Gasteiger partial charge in [0.25, 0.3) is 11.9 Å². The molecule has 0 aromatic heterocycles. The SMILES string of the molecule is CC(C)C(C(=O)O[SiH2]CC[SiH2]OC(=O)C(C(C)C)C(C)C)C(C)C. The van der Waals surface area contributed by atoms with Gasteiger partial charge in [-0.2, -0.15) is 0 Å². The second-order valence-corrected chi connectivity index (χ2v) is 10.9. The molecule has 0 fully saturated rings. The lowest BCUT2D eigenvalue weighted by Gasteiger charge is -2.23. The first-order valence-electron chi connectivity index (χ1n) is 9.42. The van der Waals surface area contributed by atoms with Crippen molar-refractivity contribution in [2.24, 2.45) is 35.5 Å². The van der Waals surface area contributed by atoms with E-state index < -0.39 is 19.5 Å². The van der Waals surface area contributed by atoms with E-state index in [2.05, 4.69) is 55.4 Å². The lowest BCUT2D eigenvalue weighted by atomic mass is 9.86. The monoisotopic (exact) mass is 374 g/mol. The van der Waals surface area contributed by atoms with Gasteiger partial charge in [0.1, 0.15) is 0 Å². The van der Waals surface area contributed by atoms with E-state index in [0.717, 1.165) is 12.1 Å². The predicted octanol–water partition coefficient (Wildman–Crippen LogP) is 2.93. The molecule has 0 rings (SSSR count). The van der Waals surface area contributed by atoms with Crippen molar-refractivity contribution in [3.8, 4) is 0 Å². The van der Waals surface area contributed by atoms with Crippen LogP contribution in [0.5, 0.6) is 0 Å². The summed E-state index contributed by atoms with van der Waals surface area (Å²) in [5, 5.41) is 0. The van der Waals surface area contributed by atoms with Gasteiger partial charge in [-0.3, -0.25) is 9.59 Å². The van der Waals surface area contributed by atoms with Gasteiger partial charge < -0.3 is 8.85 Å². The maximum atomic E-state index is 12.1. The molecule has 0 radical (unpaired) electrons. The highest BCUT2D eigenvalue weighted by atomic mass is 28.2. The normalized spacial score (nSPS) is 13.1. The van der Waals surface area contributed by atoms with Crippen LogP contribution in [0.3, 0.4) is 0 Å². The molecule has 0 aliphatic rings. The molecule has 0 amide bonds. The molecular formula is C18H38O4Si2. The Bertz CT molecular complexity index is 329. The van der Waals surface area contributed by atoms with Crippen molar-refractivity contribution in [3.05, 3.63) is 0 Å². The molecule has 0 N–H and O–H groups in total. The van der Waals surface area contributed by atoms with Crippen LogP contribution in [0.15, 0.2) is 0 Å². The van der Waals surface area contributed by atoms with Crippen LogP contribution in [0.2, 0.25) is 12.1 Å². The van der Waals surface area contributed by atoms with Gasteiger partial charge in [0.15, 0.2) is 0 Å². The molecule has 0 unspecified atom stereocenters. The van der Waals surface area contributed by atoms with Crippen molar-refractivity contribution in [2.75, 3.05) is 0 Å². The second kappa shape index (κ2) is 11.8. The fraction of sp³-hybridized carbons (Fsp3) is 0.889. The van der Waals surface area contributed by atoms with E-state index >= 15 is 0 Å². The standard InChI is InChI=1S/C18H38O4Si2/c1-11(2)15(12(3)4)17(19)21-23-9-10-24-22-18(20)16(13(5)6)14(7)8/h11-16H,9-10,23-24H2,1-8H3. The van der Waals surface area contributed by atoms with E-state index in [1.54, 1.807) is 0 Å². The summed E-state index contributed by atoms with van der Waals surface area (Å²) in [5.41, 5.74) is 0. The minimum Gasteiger partial charge on any atom is -0.525 e. The van der Waals surface area contributed by atoms with Crippen LogP contribution >= 0.6 is 0 Å². The Kier molecular flexibility index (Phi) is 11.5. The van der Waals surface area contributed by atoms with Gasteiger partial charge in [0, 0.05) is 0 Å². The van der Waals surface area contributed by atoms with Crippen molar-refractivity contribution in [3.63, 3.8) is 0 Å². The molecule has 0 atom stereocenters. The largest absolute Gasteiger partial charge is 0.525 e. The zero-order chi connectivity index (χ0) is 18.9. The minimum atomic E-state index is -0.845. The summed E-state index contributed by atoms with van der Waals surface area (Å²) in [5.74, 6) is 1.15. The van der Waals surface area contributed by atoms with E-state index in [-0.39, 0.29) is 23.8 Å². The van der Waals surface area contributed by atoms with Crippen LogP contribution in [0.4, 0.5) is 0 Å². The van der Waals surface area contributed by atoms with Crippen LogP contribution in [-0.4, -0.2) is 31.5 Å². The lowest BCUT2D eigenvalue weighted by molar-refractivity contribution is -0.143. The summed E-state index contributed by atoms with van der Waals surface area (Å²) in [7, 11) is -1.69. The van der Waals surface area contributed by atoms with Crippen molar-refractivity contribution < 1.29 is 18.4 Å². The maximum Gasteiger partial charge on any atom is 0.295 e. The molecule has 0 saturated carbocycles. The minimum absolute atomic E-state index is 0.00888. The zero-order valence-corrected chi connectivity index (χ0v) is 19.8. The van der Waals surface area contributed by atoms with Crippen molar-refractivity contribution in [2.45, 2.75) is 67.5 Å². The molecule has 0 aliphatic carbocycles. The molecule has 0 aliphatic heterocycles. The van der Waals surface area contributed by atoms with E-state index in [4.69, 9.17) is 8.85 Å². The third kappa shape index (κ3) is 8.47. The molecule has 4 nitrogen and oxygen atoms in total. The van der Waals surface area contributed by atoms with E-state index in [1.807, 2.05) is 0 Å². The van der Waals surface area contributed by atoms with Crippen molar-refractivity contribution in [1.82, 2.24) is 0 Å². The number of carbonyl (C=O) groups excluding carboxylic acids is 2. The second-order valence-electron chi connectivity index (χ2n) is 8.07. The van der Waals surface area contributed by atoms with Crippen LogP contribution in [0.25, 0.3) is 0 Å².